The maximum absolute atomic E-state index is 5.63. The minimum atomic E-state index is 0.402. The van der Waals surface area contributed by atoms with Crippen LogP contribution in [0.25, 0.3) is 0 Å². The third kappa shape index (κ3) is 3.03. The van der Waals surface area contributed by atoms with E-state index >= 15 is 0 Å². The summed E-state index contributed by atoms with van der Waals surface area (Å²) in [5.74, 6) is 7.32. The predicted molar refractivity (Wildman–Crippen MR) is 74.5 cm³/mol. The van der Waals surface area contributed by atoms with Crippen LogP contribution >= 0.6 is 0 Å². The highest BCUT2D eigenvalue weighted by Crippen LogP contribution is 2.26. The fourth-order valence-corrected chi connectivity index (χ4v) is 2.53. The van der Waals surface area contributed by atoms with Crippen molar-refractivity contribution < 1.29 is 4.74 Å². The van der Waals surface area contributed by atoms with Gasteiger partial charge in [0.15, 0.2) is 0 Å². The van der Waals surface area contributed by atoms with E-state index in [0.717, 1.165) is 38.0 Å². The summed E-state index contributed by atoms with van der Waals surface area (Å²) in [7, 11) is 0. The molecule has 0 saturated heterocycles. The lowest BCUT2D eigenvalue weighted by Crippen LogP contribution is -2.40. The Kier molecular flexibility index (Phi) is 4.61. The zero-order chi connectivity index (χ0) is 13.0. The molecule has 100 valence electrons. The highest BCUT2D eigenvalue weighted by atomic mass is 16.5. The van der Waals surface area contributed by atoms with Gasteiger partial charge in [-0.05, 0) is 36.0 Å². The Bertz CT molecular complexity index is 392. The second-order valence-electron chi connectivity index (χ2n) is 5.24. The lowest BCUT2D eigenvalue weighted by Gasteiger charge is -2.22. The van der Waals surface area contributed by atoms with Gasteiger partial charge in [-0.3, -0.25) is 11.3 Å². The SMILES string of the molecule is CCC(C)C(CCc1ccc2c(c1)CCO2)NN. The van der Waals surface area contributed by atoms with Gasteiger partial charge in [-0.15, -0.1) is 0 Å². The van der Waals surface area contributed by atoms with E-state index in [1.54, 1.807) is 0 Å². The molecule has 3 heteroatoms. The summed E-state index contributed by atoms with van der Waals surface area (Å²) in [5.41, 5.74) is 5.70. The Morgan fingerprint density at radius 1 is 1.44 bits per heavy atom. The van der Waals surface area contributed by atoms with Gasteiger partial charge in [0.2, 0.25) is 0 Å². The molecule has 0 fully saturated rings. The molecule has 0 bridgehead atoms. The molecule has 0 radical (unpaired) electrons. The highest BCUT2D eigenvalue weighted by molar-refractivity contribution is 5.39. The predicted octanol–water partition coefficient (Wildman–Crippen LogP) is 2.43. The zero-order valence-corrected chi connectivity index (χ0v) is 11.4. The van der Waals surface area contributed by atoms with Gasteiger partial charge in [0.1, 0.15) is 5.75 Å². The number of rotatable bonds is 6. The number of nitrogens with two attached hydrogens (primary N) is 1. The number of nitrogens with one attached hydrogen (secondary N) is 1. The van der Waals surface area contributed by atoms with Crippen LogP contribution in [0.4, 0.5) is 0 Å². The molecular weight excluding hydrogens is 224 g/mol. The average molecular weight is 248 g/mol. The van der Waals surface area contributed by atoms with E-state index in [1.807, 2.05) is 0 Å². The van der Waals surface area contributed by atoms with Crippen molar-refractivity contribution in [1.82, 2.24) is 5.43 Å². The van der Waals surface area contributed by atoms with Gasteiger partial charge in [0, 0.05) is 12.5 Å². The van der Waals surface area contributed by atoms with Crippen molar-refractivity contribution in [2.24, 2.45) is 11.8 Å². The highest BCUT2D eigenvalue weighted by Gasteiger charge is 2.15. The van der Waals surface area contributed by atoms with E-state index in [4.69, 9.17) is 10.6 Å². The maximum Gasteiger partial charge on any atom is 0.122 e. The van der Waals surface area contributed by atoms with E-state index in [-0.39, 0.29) is 0 Å². The van der Waals surface area contributed by atoms with Crippen LogP contribution in [0.1, 0.15) is 37.8 Å². The van der Waals surface area contributed by atoms with Gasteiger partial charge in [0.05, 0.1) is 6.61 Å². The number of hydrogen-bond acceptors (Lipinski definition) is 3. The summed E-state index contributed by atoms with van der Waals surface area (Å²) in [6, 6.07) is 6.96. The topological polar surface area (TPSA) is 47.3 Å². The van der Waals surface area contributed by atoms with Gasteiger partial charge in [-0.25, -0.2) is 0 Å². The second kappa shape index (κ2) is 6.21. The van der Waals surface area contributed by atoms with Crippen molar-refractivity contribution in [2.45, 2.75) is 45.6 Å². The molecule has 1 aliphatic heterocycles. The third-order valence-electron chi connectivity index (χ3n) is 4.04. The molecular formula is C15H24N2O. The molecule has 0 spiro atoms. The van der Waals surface area contributed by atoms with Crippen LogP contribution < -0.4 is 16.0 Å². The number of hydrazine groups is 1. The first kappa shape index (κ1) is 13.4. The first-order valence-electron chi connectivity index (χ1n) is 6.95. The van der Waals surface area contributed by atoms with Crippen LogP contribution in [0, 0.1) is 5.92 Å². The minimum absolute atomic E-state index is 0.402. The molecule has 2 unspecified atom stereocenters. The molecule has 1 aromatic carbocycles. The Morgan fingerprint density at radius 2 is 2.28 bits per heavy atom. The summed E-state index contributed by atoms with van der Waals surface area (Å²) >= 11 is 0. The fraction of sp³-hybridized carbons (Fsp3) is 0.600. The molecule has 1 aromatic rings. The minimum Gasteiger partial charge on any atom is -0.493 e. The monoisotopic (exact) mass is 248 g/mol. The Hall–Kier alpha value is -1.06. The lowest BCUT2D eigenvalue weighted by atomic mass is 9.93. The third-order valence-corrected chi connectivity index (χ3v) is 4.04. The van der Waals surface area contributed by atoms with Crippen LogP contribution in [-0.4, -0.2) is 12.6 Å². The van der Waals surface area contributed by atoms with Crippen LogP contribution in [-0.2, 0) is 12.8 Å². The number of aryl methyl sites for hydroxylation is 1. The molecule has 2 rings (SSSR count). The molecule has 3 N–H and O–H groups in total. The van der Waals surface area contributed by atoms with E-state index in [2.05, 4.69) is 37.5 Å². The van der Waals surface area contributed by atoms with E-state index in [9.17, 15) is 0 Å². The van der Waals surface area contributed by atoms with Crippen LogP contribution in [0.5, 0.6) is 5.75 Å². The summed E-state index contributed by atoms with van der Waals surface area (Å²) in [5, 5.41) is 0. The largest absolute Gasteiger partial charge is 0.493 e. The first-order chi connectivity index (χ1) is 8.74. The van der Waals surface area contributed by atoms with E-state index in [1.165, 1.54) is 11.1 Å². The van der Waals surface area contributed by atoms with Gasteiger partial charge >= 0.3 is 0 Å². The van der Waals surface area contributed by atoms with Gasteiger partial charge in [0.25, 0.3) is 0 Å². The molecule has 18 heavy (non-hydrogen) atoms. The normalized spacial score (nSPS) is 17.1. The Labute approximate surface area is 110 Å². The van der Waals surface area contributed by atoms with Crippen molar-refractivity contribution in [3.63, 3.8) is 0 Å². The summed E-state index contributed by atoms with van der Waals surface area (Å²) in [6.45, 7) is 5.29. The molecule has 0 aliphatic carbocycles. The molecule has 0 saturated carbocycles. The molecule has 2 atom stereocenters. The second-order valence-corrected chi connectivity index (χ2v) is 5.24. The Morgan fingerprint density at radius 3 is 3.00 bits per heavy atom. The van der Waals surface area contributed by atoms with Crippen molar-refractivity contribution in [2.75, 3.05) is 6.61 Å². The van der Waals surface area contributed by atoms with Crippen LogP contribution in [0.3, 0.4) is 0 Å². The molecule has 1 aliphatic rings. The molecule has 0 amide bonds. The standard InChI is InChI=1S/C15H24N2O/c1-3-11(2)14(17-16)6-4-12-5-7-15-13(10-12)8-9-18-15/h5,7,10-11,14,17H,3-4,6,8-9,16H2,1-2H3. The quantitative estimate of drug-likeness (QED) is 0.600. The van der Waals surface area contributed by atoms with Crippen molar-refractivity contribution in [3.8, 4) is 5.75 Å². The van der Waals surface area contributed by atoms with Gasteiger partial charge in [-0.1, -0.05) is 32.4 Å². The van der Waals surface area contributed by atoms with Crippen molar-refractivity contribution in [3.05, 3.63) is 29.3 Å². The fourth-order valence-electron chi connectivity index (χ4n) is 2.53. The maximum atomic E-state index is 5.63. The lowest BCUT2D eigenvalue weighted by molar-refractivity contribution is 0.353. The van der Waals surface area contributed by atoms with Gasteiger partial charge < -0.3 is 4.74 Å². The summed E-state index contributed by atoms with van der Waals surface area (Å²) < 4.78 is 5.52. The van der Waals surface area contributed by atoms with Crippen LogP contribution in [0.2, 0.25) is 0 Å². The van der Waals surface area contributed by atoms with Gasteiger partial charge in [-0.2, -0.15) is 0 Å². The van der Waals surface area contributed by atoms with Crippen molar-refractivity contribution in [1.29, 1.82) is 0 Å². The van der Waals surface area contributed by atoms with E-state index in [0.29, 0.717) is 12.0 Å². The molecule has 3 nitrogen and oxygen atoms in total. The smallest absolute Gasteiger partial charge is 0.122 e. The van der Waals surface area contributed by atoms with Crippen LogP contribution in [0.15, 0.2) is 18.2 Å². The molecule has 0 aromatic heterocycles. The number of ether oxygens (including phenoxy) is 1. The van der Waals surface area contributed by atoms with E-state index < -0.39 is 0 Å². The zero-order valence-electron chi connectivity index (χ0n) is 11.4. The summed E-state index contributed by atoms with van der Waals surface area (Å²) in [4.78, 5) is 0. The number of fused-ring (bicyclic) bond motifs is 1. The number of benzene rings is 1. The average Bonchev–Trinajstić information content (AvgIpc) is 2.86. The van der Waals surface area contributed by atoms with Crippen molar-refractivity contribution >= 4 is 0 Å². The first-order valence-corrected chi connectivity index (χ1v) is 6.95. The Balaban J connectivity index is 1.93. The number of hydrogen-bond donors (Lipinski definition) is 2. The molecule has 1 heterocycles. The summed E-state index contributed by atoms with van der Waals surface area (Å²) in [6.07, 6.45) is 4.37.